The largest absolute Gasteiger partial charge is 0.457 e. The fourth-order valence-corrected chi connectivity index (χ4v) is 7.55. The maximum Gasteiger partial charge on any atom is 0.397 e. The van der Waals surface area contributed by atoms with Gasteiger partial charge in [-0.25, -0.2) is 4.18 Å². The van der Waals surface area contributed by atoms with Gasteiger partial charge in [0.2, 0.25) is 0 Å². The zero-order chi connectivity index (χ0) is 42.5. The molecule has 1 aliphatic heterocycles. The van der Waals surface area contributed by atoms with Crippen molar-refractivity contribution >= 4 is 16.4 Å². The van der Waals surface area contributed by atoms with Crippen molar-refractivity contribution in [2.75, 3.05) is 26.4 Å². The van der Waals surface area contributed by atoms with Crippen LogP contribution in [-0.4, -0.2) is 97.5 Å². The lowest BCUT2D eigenvalue weighted by atomic mass is 9.99. The third kappa shape index (κ3) is 30.6. The number of aliphatic hydroxyl groups is 3. The standard InChI is InChI=1S/C45H84O12S/c1-3-5-7-9-11-13-15-17-19-20-22-24-26-28-30-32-34-41(47)55-39(38-54-45-43(49)44(57-58(50,51)52)42(48)40(36-46)56-45)37-53-35-33-31-29-27-25-23-21-18-16-14-12-10-8-6-4-2/h10,12,16,18,39-40,42-46,48-49H,3-9,11,13-15,17,19-38H2,1-2H3,(H,50,51,52)/b12-10-,18-16-. The molecule has 6 unspecified atom stereocenters. The summed E-state index contributed by atoms with van der Waals surface area (Å²) in [4.78, 5) is 12.8. The second kappa shape index (κ2) is 37.4. The third-order valence-electron chi connectivity index (χ3n) is 10.6. The maximum atomic E-state index is 12.8. The maximum absolute atomic E-state index is 12.8. The van der Waals surface area contributed by atoms with Crippen molar-refractivity contribution in [3.8, 4) is 0 Å². The van der Waals surface area contributed by atoms with E-state index in [9.17, 15) is 28.5 Å². The number of unbranched alkanes of at least 4 members (excludes halogenated alkanes) is 23. The van der Waals surface area contributed by atoms with Crippen LogP contribution in [0.1, 0.15) is 194 Å². The van der Waals surface area contributed by atoms with Crippen LogP contribution in [-0.2, 0) is 38.3 Å². The van der Waals surface area contributed by atoms with Crippen molar-refractivity contribution in [2.45, 2.75) is 230 Å². The van der Waals surface area contributed by atoms with Gasteiger partial charge in [0.15, 0.2) is 6.29 Å². The summed E-state index contributed by atoms with van der Waals surface area (Å²) in [7, 11) is -5.06. The Balaban J connectivity index is 2.42. The number of ether oxygens (including phenoxy) is 4. The first-order chi connectivity index (χ1) is 28.1. The normalized spacial score (nSPS) is 20.7. The number of esters is 1. The monoisotopic (exact) mass is 849 g/mol. The van der Waals surface area contributed by atoms with Crippen molar-refractivity contribution < 1.29 is 56.2 Å². The van der Waals surface area contributed by atoms with Crippen LogP contribution in [0.25, 0.3) is 0 Å². The molecule has 6 atom stereocenters. The third-order valence-corrected chi connectivity index (χ3v) is 11.0. The Morgan fingerprint density at radius 1 is 0.655 bits per heavy atom. The lowest BCUT2D eigenvalue weighted by Crippen LogP contribution is -2.60. The number of hydrogen-bond acceptors (Lipinski definition) is 11. The van der Waals surface area contributed by atoms with E-state index < -0.39 is 59.8 Å². The Kier molecular flexibility index (Phi) is 35.2. The van der Waals surface area contributed by atoms with Crippen molar-refractivity contribution in [1.29, 1.82) is 0 Å². The second-order valence-electron chi connectivity index (χ2n) is 16.0. The van der Waals surface area contributed by atoms with Crippen LogP contribution in [0, 0.1) is 0 Å². The molecule has 13 heteroatoms. The molecule has 1 saturated heterocycles. The van der Waals surface area contributed by atoms with Gasteiger partial charge in [0.25, 0.3) is 0 Å². The number of hydrogen-bond donors (Lipinski definition) is 4. The summed E-state index contributed by atoms with van der Waals surface area (Å²) >= 11 is 0. The lowest BCUT2D eigenvalue weighted by Gasteiger charge is -2.41. The Morgan fingerprint density at radius 3 is 1.69 bits per heavy atom. The fourth-order valence-electron chi connectivity index (χ4n) is 7.04. The van der Waals surface area contributed by atoms with Crippen molar-refractivity contribution in [3.63, 3.8) is 0 Å². The van der Waals surface area contributed by atoms with Gasteiger partial charge in [-0.1, -0.05) is 173 Å². The molecular formula is C45H84O12S. The van der Waals surface area contributed by atoms with E-state index in [1.54, 1.807) is 0 Å². The van der Waals surface area contributed by atoms with E-state index in [2.05, 4.69) is 42.3 Å². The van der Waals surface area contributed by atoms with Gasteiger partial charge in [-0.15, -0.1) is 0 Å². The summed E-state index contributed by atoms with van der Waals surface area (Å²) in [6.07, 6.45) is 32.0. The molecule has 0 amide bonds. The van der Waals surface area contributed by atoms with Gasteiger partial charge in [0.1, 0.15) is 30.5 Å². The van der Waals surface area contributed by atoms with Gasteiger partial charge in [-0.05, 0) is 38.5 Å². The molecule has 1 aliphatic rings. The smallest absolute Gasteiger partial charge is 0.397 e. The lowest BCUT2D eigenvalue weighted by molar-refractivity contribution is -0.301. The van der Waals surface area contributed by atoms with Crippen LogP contribution in [0.5, 0.6) is 0 Å². The number of carbonyl (C=O) groups excluding carboxylic acids is 1. The summed E-state index contributed by atoms with van der Waals surface area (Å²) in [6.45, 7) is 3.94. The van der Waals surface area contributed by atoms with Crippen LogP contribution < -0.4 is 0 Å². The molecule has 0 aromatic heterocycles. The quantitative estimate of drug-likeness (QED) is 0.0199. The Labute approximate surface area is 352 Å². The molecule has 0 aliphatic carbocycles. The summed E-state index contributed by atoms with van der Waals surface area (Å²) in [5.74, 6) is -0.401. The number of aliphatic hydroxyl groups excluding tert-OH is 3. The van der Waals surface area contributed by atoms with E-state index >= 15 is 0 Å². The zero-order valence-corrected chi connectivity index (χ0v) is 37.2. The summed E-state index contributed by atoms with van der Waals surface area (Å²) in [5, 5.41) is 30.7. The van der Waals surface area contributed by atoms with Crippen LogP contribution in [0.15, 0.2) is 24.3 Å². The molecular weight excluding hydrogens is 765 g/mol. The van der Waals surface area contributed by atoms with E-state index in [4.69, 9.17) is 23.5 Å². The first kappa shape index (κ1) is 54.6. The minimum atomic E-state index is -5.06. The van der Waals surface area contributed by atoms with E-state index in [0.717, 1.165) is 64.2 Å². The molecule has 342 valence electrons. The minimum absolute atomic E-state index is 0.0324. The topological polar surface area (TPSA) is 178 Å². The van der Waals surface area contributed by atoms with Crippen molar-refractivity contribution in [3.05, 3.63) is 24.3 Å². The van der Waals surface area contributed by atoms with Gasteiger partial charge in [0, 0.05) is 13.0 Å². The predicted molar refractivity (Wildman–Crippen MR) is 230 cm³/mol. The average molecular weight is 849 g/mol. The highest BCUT2D eigenvalue weighted by Gasteiger charge is 2.48. The molecule has 58 heavy (non-hydrogen) atoms. The molecule has 1 rings (SSSR count). The highest BCUT2D eigenvalue weighted by atomic mass is 32.3. The molecule has 0 saturated carbocycles. The average Bonchev–Trinajstić information content (AvgIpc) is 3.19. The SMILES string of the molecule is CCCC/C=C\C/C=C\CCCCCCCCOCC(COC1OC(CO)C(O)C(OS(=O)(=O)O)C1O)OC(=O)CCCCCCCCCCCCCCCCCC. The van der Waals surface area contributed by atoms with E-state index in [1.807, 2.05) is 0 Å². The summed E-state index contributed by atoms with van der Waals surface area (Å²) in [5.41, 5.74) is 0. The van der Waals surface area contributed by atoms with Crippen molar-refractivity contribution in [1.82, 2.24) is 0 Å². The number of carbonyl (C=O) groups is 1. The van der Waals surface area contributed by atoms with Crippen LogP contribution in [0.2, 0.25) is 0 Å². The molecule has 0 aromatic rings. The first-order valence-electron chi connectivity index (χ1n) is 23.1. The Hall–Kier alpha value is -1.42. The zero-order valence-electron chi connectivity index (χ0n) is 36.4. The molecule has 0 aromatic carbocycles. The molecule has 0 bridgehead atoms. The minimum Gasteiger partial charge on any atom is -0.457 e. The summed E-state index contributed by atoms with van der Waals surface area (Å²) in [6, 6.07) is 0. The first-order valence-corrected chi connectivity index (χ1v) is 24.5. The molecule has 0 radical (unpaired) electrons. The highest BCUT2D eigenvalue weighted by molar-refractivity contribution is 7.80. The predicted octanol–water partition coefficient (Wildman–Crippen LogP) is 9.63. The fraction of sp³-hybridized carbons (Fsp3) is 0.889. The summed E-state index contributed by atoms with van der Waals surface area (Å²) < 4.78 is 59.1. The van der Waals surface area contributed by atoms with E-state index in [1.165, 1.54) is 103 Å². The van der Waals surface area contributed by atoms with Gasteiger partial charge >= 0.3 is 16.4 Å². The van der Waals surface area contributed by atoms with Gasteiger partial charge in [-0.3, -0.25) is 9.35 Å². The molecule has 1 heterocycles. The molecule has 12 nitrogen and oxygen atoms in total. The highest BCUT2D eigenvalue weighted by Crippen LogP contribution is 2.26. The van der Waals surface area contributed by atoms with Gasteiger partial charge in [0.05, 0.1) is 19.8 Å². The van der Waals surface area contributed by atoms with E-state index in [0.29, 0.717) is 13.0 Å². The molecule has 0 spiro atoms. The Bertz CT molecular complexity index is 1120. The number of allylic oxidation sites excluding steroid dienone is 4. The van der Waals surface area contributed by atoms with Crippen LogP contribution >= 0.6 is 0 Å². The Morgan fingerprint density at radius 2 is 1.16 bits per heavy atom. The van der Waals surface area contributed by atoms with Gasteiger partial charge in [-0.2, -0.15) is 8.42 Å². The second-order valence-corrected chi connectivity index (χ2v) is 17.0. The van der Waals surface area contributed by atoms with Crippen LogP contribution in [0.3, 0.4) is 0 Å². The molecule has 4 N–H and O–H groups in total. The van der Waals surface area contributed by atoms with Crippen molar-refractivity contribution in [2.24, 2.45) is 0 Å². The van der Waals surface area contributed by atoms with E-state index in [-0.39, 0.29) is 19.6 Å². The number of rotatable bonds is 40. The van der Waals surface area contributed by atoms with Crippen LogP contribution in [0.4, 0.5) is 0 Å². The van der Waals surface area contributed by atoms with Gasteiger partial charge < -0.3 is 34.3 Å². The molecule has 1 fully saturated rings.